The minimum atomic E-state index is -0.876. The van der Waals surface area contributed by atoms with Crippen LogP contribution in [0, 0.1) is 0 Å². The van der Waals surface area contributed by atoms with Crippen molar-refractivity contribution < 1.29 is 14.7 Å². The second kappa shape index (κ2) is 7.14. The fraction of sp³-hybridized carbons (Fsp3) is 0.833. The Morgan fingerprint density at radius 3 is 2.35 bits per heavy atom. The zero-order valence-corrected chi connectivity index (χ0v) is 10.4. The van der Waals surface area contributed by atoms with Crippen LogP contribution in [0.2, 0.25) is 0 Å². The van der Waals surface area contributed by atoms with Crippen LogP contribution in [0.4, 0.5) is 4.79 Å². The van der Waals surface area contributed by atoms with Crippen molar-refractivity contribution in [1.29, 1.82) is 0 Å². The fourth-order valence-electron chi connectivity index (χ4n) is 2.07. The summed E-state index contributed by atoms with van der Waals surface area (Å²) >= 11 is 0. The maximum Gasteiger partial charge on any atom is 0.317 e. The molecule has 0 aromatic rings. The lowest BCUT2D eigenvalue weighted by atomic mass is 10.1. The minimum Gasteiger partial charge on any atom is -0.481 e. The monoisotopic (exact) mass is 242 g/mol. The summed E-state index contributed by atoms with van der Waals surface area (Å²) in [7, 11) is 1.63. The first kappa shape index (κ1) is 13.8. The van der Waals surface area contributed by atoms with E-state index >= 15 is 0 Å². The predicted octanol–water partition coefficient (Wildman–Crippen LogP) is 1.83. The lowest BCUT2D eigenvalue weighted by molar-refractivity contribution is -0.137. The van der Waals surface area contributed by atoms with Gasteiger partial charge in [0.05, 0.1) is 6.42 Å². The molecule has 1 saturated carbocycles. The van der Waals surface area contributed by atoms with Gasteiger partial charge in [-0.2, -0.15) is 0 Å². The van der Waals surface area contributed by atoms with Crippen LogP contribution >= 0.6 is 0 Å². The van der Waals surface area contributed by atoms with Crippen molar-refractivity contribution >= 4 is 12.0 Å². The normalized spacial score (nSPS) is 17.2. The second-order valence-electron chi connectivity index (χ2n) is 4.70. The molecule has 0 aromatic carbocycles. The van der Waals surface area contributed by atoms with Gasteiger partial charge in [0.15, 0.2) is 0 Å². The largest absolute Gasteiger partial charge is 0.481 e. The van der Waals surface area contributed by atoms with Gasteiger partial charge < -0.3 is 15.3 Å². The first-order chi connectivity index (χ1) is 8.09. The van der Waals surface area contributed by atoms with E-state index in [0.717, 1.165) is 12.8 Å². The Bertz CT molecular complexity index is 260. The van der Waals surface area contributed by atoms with Crippen LogP contribution in [-0.2, 0) is 4.79 Å². The van der Waals surface area contributed by atoms with E-state index in [1.54, 1.807) is 7.05 Å². The molecule has 0 saturated heterocycles. The van der Waals surface area contributed by atoms with Crippen LogP contribution < -0.4 is 5.32 Å². The van der Waals surface area contributed by atoms with Crippen molar-refractivity contribution in [3.8, 4) is 0 Å². The minimum absolute atomic E-state index is 0.00537. The van der Waals surface area contributed by atoms with Gasteiger partial charge in [0, 0.05) is 19.6 Å². The number of carboxylic acids is 1. The lowest BCUT2D eigenvalue weighted by Gasteiger charge is -2.22. The number of hydrogen-bond donors (Lipinski definition) is 2. The molecule has 2 N–H and O–H groups in total. The zero-order valence-electron chi connectivity index (χ0n) is 10.4. The van der Waals surface area contributed by atoms with Crippen LogP contribution in [0.3, 0.4) is 0 Å². The number of urea groups is 1. The van der Waals surface area contributed by atoms with Gasteiger partial charge in [-0.05, 0) is 12.8 Å². The molecular formula is C12H22N2O3. The molecule has 1 aliphatic carbocycles. The van der Waals surface area contributed by atoms with E-state index in [2.05, 4.69) is 5.32 Å². The van der Waals surface area contributed by atoms with Crippen LogP contribution in [0.15, 0.2) is 0 Å². The van der Waals surface area contributed by atoms with Crippen LogP contribution in [0.25, 0.3) is 0 Å². The van der Waals surface area contributed by atoms with Gasteiger partial charge in [0.2, 0.25) is 0 Å². The summed E-state index contributed by atoms with van der Waals surface area (Å²) in [5, 5.41) is 11.5. The second-order valence-corrected chi connectivity index (χ2v) is 4.70. The van der Waals surface area contributed by atoms with Gasteiger partial charge in [0.1, 0.15) is 0 Å². The summed E-state index contributed by atoms with van der Waals surface area (Å²) in [6.07, 6.45) is 6.92. The standard InChI is InChI=1S/C12H22N2O3/c1-14(9-8-11(15)16)12(17)13-10-6-4-2-3-5-7-10/h10H,2-9H2,1H3,(H,13,17)(H,15,16). The van der Waals surface area contributed by atoms with Crippen molar-refractivity contribution in [2.75, 3.05) is 13.6 Å². The van der Waals surface area contributed by atoms with Crippen LogP contribution in [0.1, 0.15) is 44.9 Å². The summed E-state index contributed by atoms with van der Waals surface area (Å²) in [5.74, 6) is -0.876. The van der Waals surface area contributed by atoms with Crippen LogP contribution in [0.5, 0.6) is 0 Å². The van der Waals surface area contributed by atoms with Gasteiger partial charge in [-0.25, -0.2) is 4.79 Å². The van der Waals surface area contributed by atoms with E-state index < -0.39 is 5.97 Å². The average molecular weight is 242 g/mol. The lowest BCUT2D eigenvalue weighted by Crippen LogP contribution is -2.43. The van der Waals surface area contributed by atoms with Crippen molar-refractivity contribution in [2.45, 2.75) is 51.0 Å². The van der Waals surface area contributed by atoms with E-state index in [-0.39, 0.29) is 25.0 Å². The number of nitrogens with one attached hydrogen (secondary N) is 1. The Morgan fingerprint density at radius 1 is 1.24 bits per heavy atom. The highest BCUT2D eigenvalue weighted by Crippen LogP contribution is 2.17. The smallest absolute Gasteiger partial charge is 0.317 e. The Morgan fingerprint density at radius 2 is 1.82 bits per heavy atom. The van der Waals surface area contributed by atoms with Gasteiger partial charge >= 0.3 is 12.0 Å². The molecule has 1 aliphatic rings. The van der Waals surface area contributed by atoms with Crippen molar-refractivity contribution in [3.63, 3.8) is 0 Å². The Kier molecular flexibility index (Phi) is 5.80. The fourth-order valence-corrected chi connectivity index (χ4v) is 2.07. The number of carbonyl (C=O) groups excluding carboxylic acids is 1. The quantitative estimate of drug-likeness (QED) is 0.739. The third-order valence-corrected chi connectivity index (χ3v) is 3.19. The molecule has 0 aliphatic heterocycles. The summed E-state index contributed by atoms with van der Waals surface area (Å²) in [6.45, 7) is 0.258. The maximum absolute atomic E-state index is 11.8. The molecule has 0 unspecified atom stereocenters. The highest BCUT2D eigenvalue weighted by atomic mass is 16.4. The van der Waals surface area contributed by atoms with E-state index in [1.807, 2.05) is 0 Å². The number of nitrogens with zero attached hydrogens (tertiary/aromatic N) is 1. The molecule has 98 valence electrons. The number of carboxylic acid groups (broad SMARTS) is 1. The Labute approximate surface area is 102 Å². The molecular weight excluding hydrogens is 220 g/mol. The first-order valence-corrected chi connectivity index (χ1v) is 6.33. The molecule has 0 aromatic heterocycles. The predicted molar refractivity (Wildman–Crippen MR) is 64.9 cm³/mol. The van der Waals surface area contributed by atoms with E-state index in [1.165, 1.54) is 30.6 Å². The number of amides is 2. The molecule has 5 nitrogen and oxygen atoms in total. The molecule has 0 heterocycles. The Balaban J connectivity index is 2.28. The summed E-state index contributed by atoms with van der Waals surface area (Å²) in [4.78, 5) is 23.6. The SMILES string of the molecule is CN(CCC(=O)O)C(=O)NC1CCCCCC1. The number of hydrogen-bond acceptors (Lipinski definition) is 2. The molecule has 5 heteroatoms. The third kappa shape index (κ3) is 5.56. The summed E-state index contributed by atoms with van der Waals surface area (Å²) < 4.78 is 0. The van der Waals surface area contributed by atoms with Crippen molar-refractivity contribution in [3.05, 3.63) is 0 Å². The third-order valence-electron chi connectivity index (χ3n) is 3.19. The highest BCUT2D eigenvalue weighted by Gasteiger charge is 2.17. The molecule has 0 spiro atoms. The number of aliphatic carboxylic acids is 1. The zero-order chi connectivity index (χ0) is 12.7. The van der Waals surface area contributed by atoms with Crippen LogP contribution in [-0.4, -0.2) is 41.6 Å². The van der Waals surface area contributed by atoms with Crippen molar-refractivity contribution in [2.24, 2.45) is 0 Å². The molecule has 1 fully saturated rings. The molecule has 0 radical (unpaired) electrons. The molecule has 1 rings (SSSR count). The average Bonchev–Trinajstić information content (AvgIpc) is 2.54. The molecule has 2 amide bonds. The van der Waals surface area contributed by atoms with Gasteiger partial charge in [-0.1, -0.05) is 25.7 Å². The van der Waals surface area contributed by atoms with Gasteiger partial charge in [-0.15, -0.1) is 0 Å². The first-order valence-electron chi connectivity index (χ1n) is 6.33. The summed E-state index contributed by atoms with van der Waals surface area (Å²) in [5.41, 5.74) is 0. The number of rotatable bonds is 4. The molecule has 17 heavy (non-hydrogen) atoms. The van der Waals surface area contributed by atoms with E-state index in [0.29, 0.717) is 0 Å². The Hall–Kier alpha value is -1.26. The van der Waals surface area contributed by atoms with E-state index in [4.69, 9.17) is 5.11 Å². The molecule has 0 atom stereocenters. The van der Waals surface area contributed by atoms with Gasteiger partial charge in [0.25, 0.3) is 0 Å². The topological polar surface area (TPSA) is 69.6 Å². The van der Waals surface area contributed by atoms with Gasteiger partial charge in [-0.3, -0.25) is 4.79 Å². The molecule has 0 bridgehead atoms. The maximum atomic E-state index is 11.8. The van der Waals surface area contributed by atoms with E-state index in [9.17, 15) is 9.59 Å². The highest BCUT2D eigenvalue weighted by molar-refractivity contribution is 5.75. The number of carbonyl (C=O) groups is 2. The van der Waals surface area contributed by atoms with Crippen molar-refractivity contribution in [1.82, 2.24) is 10.2 Å². The summed E-state index contributed by atoms with van der Waals surface area (Å²) in [6, 6.07) is 0.107.